The average molecular weight is 215 g/mol. The van der Waals surface area contributed by atoms with E-state index in [1.165, 1.54) is 0 Å². The van der Waals surface area contributed by atoms with E-state index in [0.29, 0.717) is 0 Å². The molecule has 78 valence electrons. The lowest BCUT2D eigenvalue weighted by Crippen LogP contribution is -2.50. The summed E-state index contributed by atoms with van der Waals surface area (Å²) in [6.45, 7) is 0. The van der Waals surface area contributed by atoms with Crippen LogP contribution in [0.5, 0.6) is 0 Å². The Bertz CT molecular complexity index is 393. The van der Waals surface area contributed by atoms with E-state index < -0.39 is 10.0 Å². The first-order chi connectivity index (χ1) is 6.31. The van der Waals surface area contributed by atoms with Crippen LogP contribution < -0.4 is 4.83 Å². The van der Waals surface area contributed by atoms with Crippen LogP contribution >= 0.6 is 0 Å². The van der Waals surface area contributed by atoms with E-state index >= 15 is 0 Å². The predicted molar refractivity (Wildman–Crippen MR) is 54.8 cm³/mol. The van der Waals surface area contributed by atoms with Gasteiger partial charge >= 0.3 is 0 Å². The van der Waals surface area contributed by atoms with Gasteiger partial charge in [-0.2, -0.15) is 0 Å². The van der Waals surface area contributed by atoms with Crippen molar-refractivity contribution in [2.75, 3.05) is 21.1 Å². The van der Waals surface area contributed by atoms with Crippen LogP contribution in [0.1, 0.15) is 0 Å². The Balaban J connectivity index is 2.99. The molecule has 0 amide bonds. The van der Waals surface area contributed by atoms with E-state index in [-0.39, 0.29) is 9.49 Å². The van der Waals surface area contributed by atoms with Crippen molar-refractivity contribution in [1.82, 2.24) is 4.83 Å². The Morgan fingerprint density at radius 2 is 1.57 bits per heavy atom. The summed E-state index contributed by atoms with van der Waals surface area (Å²) in [6.07, 6.45) is 0. The lowest BCUT2D eigenvalue weighted by molar-refractivity contribution is -0.900. The molecule has 0 aliphatic heterocycles. The summed E-state index contributed by atoms with van der Waals surface area (Å²) in [5, 5.41) is 0. The topological polar surface area (TPSA) is 46.2 Å². The number of sulfonamides is 1. The summed E-state index contributed by atoms with van der Waals surface area (Å²) in [7, 11) is 1.86. The number of rotatable bonds is 3. The zero-order chi connectivity index (χ0) is 10.8. The average Bonchev–Trinajstić information content (AvgIpc) is 2.01. The van der Waals surface area contributed by atoms with Gasteiger partial charge in [0.05, 0.1) is 26.0 Å². The fourth-order valence-electron chi connectivity index (χ4n) is 1.01. The van der Waals surface area contributed by atoms with Crippen LogP contribution in [0.4, 0.5) is 0 Å². The van der Waals surface area contributed by atoms with Gasteiger partial charge in [0, 0.05) is 0 Å². The highest BCUT2D eigenvalue weighted by Crippen LogP contribution is 2.08. The standard InChI is InChI=1S/C9H15N2O2S/c1-11(2,3)10-14(12,13)9-7-5-4-6-8-9/h4-8,10H,1-3H3/q+1. The lowest BCUT2D eigenvalue weighted by Gasteiger charge is -2.23. The minimum absolute atomic E-state index is 0.164. The van der Waals surface area contributed by atoms with Crippen LogP contribution in [0.25, 0.3) is 0 Å². The maximum atomic E-state index is 11.7. The van der Waals surface area contributed by atoms with Crippen molar-refractivity contribution in [2.45, 2.75) is 4.90 Å². The zero-order valence-corrected chi connectivity index (χ0v) is 9.38. The predicted octanol–water partition coefficient (Wildman–Crippen LogP) is 0.586. The van der Waals surface area contributed by atoms with Crippen molar-refractivity contribution in [2.24, 2.45) is 0 Å². The molecule has 0 aliphatic rings. The second-order valence-electron chi connectivity index (χ2n) is 3.92. The monoisotopic (exact) mass is 215 g/mol. The minimum Gasteiger partial charge on any atom is -0.239 e. The van der Waals surface area contributed by atoms with Gasteiger partial charge in [0.25, 0.3) is 10.0 Å². The van der Waals surface area contributed by atoms with Crippen LogP contribution in [0.3, 0.4) is 0 Å². The molecule has 1 N–H and O–H groups in total. The maximum absolute atomic E-state index is 11.7. The van der Waals surface area contributed by atoms with Gasteiger partial charge in [-0.3, -0.25) is 0 Å². The first-order valence-electron chi connectivity index (χ1n) is 4.22. The molecule has 14 heavy (non-hydrogen) atoms. The van der Waals surface area contributed by atoms with E-state index in [9.17, 15) is 8.42 Å². The molecule has 1 aromatic carbocycles. The quantitative estimate of drug-likeness (QED) is 0.592. The Morgan fingerprint density at radius 1 is 1.07 bits per heavy atom. The molecule has 0 saturated carbocycles. The highest BCUT2D eigenvalue weighted by molar-refractivity contribution is 7.89. The molecule has 0 spiro atoms. The number of nitrogens with zero attached hydrogens (tertiary/aromatic N) is 1. The Morgan fingerprint density at radius 3 is 2.00 bits per heavy atom. The van der Waals surface area contributed by atoms with E-state index in [0.717, 1.165) is 0 Å². The maximum Gasteiger partial charge on any atom is 0.282 e. The highest BCUT2D eigenvalue weighted by atomic mass is 32.2. The van der Waals surface area contributed by atoms with Gasteiger partial charge in [-0.15, -0.1) is 0 Å². The Hall–Kier alpha value is -0.910. The molecule has 0 aliphatic carbocycles. The lowest BCUT2D eigenvalue weighted by atomic mass is 10.4. The second kappa shape index (κ2) is 3.68. The molecule has 0 unspecified atom stereocenters. The second-order valence-corrected chi connectivity index (χ2v) is 5.58. The van der Waals surface area contributed by atoms with Crippen molar-refractivity contribution in [3.8, 4) is 0 Å². The number of hydrogen-bond donors (Lipinski definition) is 1. The minimum atomic E-state index is -3.40. The van der Waals surface area contributed by atoms with Gasteiger partial charge < -0.3 is 0 Å². The summed E-state index contributed by atoms with van der Waals surface area (Å²) in [4.78, 5) is 2.81. The molecule has 1 rings (SSSR count). The molecule has 0 atom stereocenters. The molecule has 1 aromatic rings. The summed E-state index contributed by atoms with van der Waals surface area (Å²) < 4.78 is 23.6. The van der Waals surface area contributed by atoms with Gasteiger partial charge in [-0.05, 0) is 12.1 Å². The molecule has 0 radical (unpaired) electrons. The molecule has 0 aromatic heterocycles. The van der Waals surface area contributed by atoms with Crippen LogP contribution in [-0.4, -0.2) is 34.2 Å². The summed E-state index contributed by atoms with van der Waals surface area (Å²) >= 11 is 0. The first-order valence-corrected chi connectivity index (χ1v) is 5.70. The summed E-state index contributed by atoms with van der Waals surface area (Å²) in [5.74, 6) is 0. The van der Waals surface area contributed by atoms with Crippen LogP contribution in [-0.2, 0) is 10.0 Å². The van der Waals surface area contributed by atoms with E-state index in [1.54, 1.807) is 51.5 Å². The first kappa shape index (κ1) is 11.2. The van der Waals surface area contributed by atoms with Gasteiger partial charge in [-0.25, -0.2) is 13.0 Å². The van der Waals surface area contributed by atoms with Gasteiger partial charge in [-0.1, -0.05) is 23.0 Å². The van der Waals surface area contributed by atoms with Crippen molar-refractivity contribution in [1.29, 1.82) is 0 Å². The Labute approximate surface area is 84.8 Å². The summed E-state index contributed by atoms with van der Waals surface area (Å²) in [6, 6.07) is 8.31. The molecule has 0 bridgehead atoms. The Kier molecular flexibility index (Phi) is 2.94. The third-order valence-corrected chi connectivity index (χ3v) is 3.13. The van der Waals surface area contributed by atoms with Gasteiger partial charge in [0.1, 0.15) is 0 Å². The van der Waals surface area contributed by atoms with E-state index in [4.69, 9.17) is 0 Å². The molecule has 5 heteroatoms. The van der Waals surface area contributed by atoms with Crippen molar-refractivity contribution < 1.29 is 13.0 Å². The molecular weight excluding hydrogens is 200 g/mol. The summed E-state index contributed by atoms with van der Waals surface area (Å²) in [5.41, 5.74) is 0. The largest absolute Gasteiger partial charge is 0.282 e. The zero-order valence-electron chi connectivity index (χ0n) is 8.56. The SMILES string of the molecule is C[N+](C)(C)NS(=O)(=O)c1ccccc1. The van der Waals surface area contributed by atoms with Crippen LogP contribution in [0, 0.1) is 0 Å². The van der Waals surface area contributed by atoms with Crippen LogP contribution in [0.15, 0.2) is 35.2 Å². The fourth-order valence-corrected chi connectivity index (χ4v) is 2.35. The fraction of sp³-hybridized carbons (Fsp3) is 0.333. The molecule has 0 saturated heterocycles. The molecular formula is C9H15N2O2S+. The van der Waals surface area contributed by atoms with Crippen molar-refractivity contribution in [3.63, 3.8) is 0 Å². The number of hydrogen-bond acceptors (Lipinski definition) is 2. The molecule has 4 nitrogen and oxygen atoms in total. The number of quaternary nitrogens is 1. The number of nitrogens with one attached hydrogen (secondary N) is 1. The molecule has 0 fully saturated rings. The van der Waals surface area contributed by atoms with Crippen LogP contribution in [0.2, 0.25) is 0 Å². The number of benzene rings is 1. The van der Waals surface area contributed by atoms with E-state index in [1.807, 2.05) is 0 Å². The highest BCUT2D eigenvalue weighted by Gasteiger charge is 2.21. The van der Waals surface area contributed by atoms with Gasteiger partial charge in [0.15, 0.2) is 0 Å². The smallest absolute Gasteiger partial charge is 0.239 e. The van der Waals surface area contributed by atoms with Crippen molar-refractivity contribution >= 4 is 10.0 Å². The van der Waals surface area contributed by atoms with Crippen molar-refractivity contribution in [3.05, 3.63) is 30.3 Å². The normalized spacial score (nSPS) is 12.8. The van der Waals surface area contributed by atoms with Gasteiger partial charge in [0.2, 0.25) is 0 Å². The third kappa shape index (κ3) is 3.10. The molecule has 0 heterocycles. The van der Waals surface area contributed by atoms with E-state index in [2.05, 4.69) is 4.83 Å². The third-order valence-electron chi connectivity index (χ3n) is 1.45.